The highest BCUT2D eigenvalue weighted by atomic mass is 35.5. The lowest BCUT2D eigenvalue weighted by Gasteiger charge is -2.13. The largest absolute Gasteiger partial charge is 0.494 e. The molecule has 0 bridgehead atoms. The molecule has 1 N–H and O–H groups in total. The van der Waals surface area contributed by atoms with Crippen LogP contribution in [0, 0.1) is 6.92 Å². The first kappa shape index (κ1) is 23.9. The van der Waals surface area contributed by atoms with Crippen LogP contribution in [0.2, 0.25) is 10.0 Å². The van der Waals surface area contributed by atoms with Gasteiger partial charge in [0.25, 0.3) is 0 Å². The molecule has 1 aromatic heterocycles. The normalized spacial score (nSPS) is 11.9. The third-order valence-electron chi connectivity index (χ3n) is 5.54. The first-order valence-corrected chi connectivity index (χ1v) is 11.7. The number of aryl methyl sites for hydroxylation is 1. The molecule has 1 unspecified atom stereocenters. The van der Waals surface area contributed by atoms with Gasteiger partial charge in [-0.2, -0.15) is 5.10 Å². The molecule has 0 saturated heterocycles. The number of carbonyl (C=O) groups is 1. The molecular weight excluding hydrogens is 471 g/mol. The Labute approximate surface area is 208 Å². The van der Waals surface area contributed by atoms with E-state index < -0.39 is 11.9 Å². The van der Waals surface area contributed by atoms with E-state index in [2.05, 4.69) is 0 Å². The number of benzene rings is 3. The van der Waals surface area contributed by atoms with Gasteiger partial charge in [0.05, 0.1) is 39.6 Å². The summed E-state index contributed by atoms with van der Waals surface area (Å²) in [6.07, 6.45) is 0.220. The van der Waals surface area contributed by atoms with Crippen molar-refractivity contribution in [2.45, 2.75) is 26.2 Å². The molecule has 0 spiro atoms. The van der Waals surface area contributed by atoms with Gasteiger partial charge < -0.3 is 9.84 Å². The number of halogens is 2. The summed E-state index contributed by atoms with van der Waals surface area (Å²) < 4.78 is 7.34. The third-order valence-corrected chi connectivity index (χ3v) is 6.28. The van der Waals surface area contributed by atoms with Crippen molar-refractivity contribution >= 4 is 29.2 Å². The minimum absolute atomic E-state index is 0.220. The number of aliphatic carboxylic acids is 1. The van der Waals surface area contributed by atoms with Gasteiger partial charge in [0.1, 0.15) is 5.75 Å². The zero-order valence-corrected chi connectivity index (χ0v) is 20.3. The van der Waals surface area contributed by atoms with Crippen LogP contribution in [-0.4, -0.2) is 27.5 Å². The number of hydrogen-bond donors (Lipinski definition) is 1. The molecule has 34 heavy (non-hydrogen) atoms. The standard InChI is InChI=1S/C27H24Cl2N2O3/c1-3-34-22-6-4-5-19(13-22)23(27(32)33)14-20-15-26(18-9-7-17(2)8-10-18)31(30-20)21-11-12-24(28)25(29)16-21/h4-13,15-16,23H,3,14H2,1-2H3,(H,32,33). The Hall–Kier alpha value is -3.28. The smallest absolute Gasteiger partial charge is 0.311 e. The summed E-state index contributed by atoms with van der Waals surface area (Å²) in [4.78, 5) is 12.2. The van der Waals surface area contributed by atoms with Gasteiger partial charge >= 0.3 is 5.97 Å². The Kier molecular flexibility index (Phi) is 7.25. The quantitative estimate of drug-likeness (QED) is 0.287. The molecule has 174 valence electrons. The average Bonchev–Trinajstić information content (AvgIpc) is 3.24. The number of hydrogen-bond acceptors (Lipinski definition) is 3. The maximum absolute atomic E-state index is 12.2. The van der Waals surface area contributed by atoms with Gasteiger partial charge in [-0.25, -0.2) is 4.68 Å². The van der Waals surface area contributed by atoms with Crippen molar-refractivity contribution < 1.29 is 14.6 Å². The van der Waals surface area contributed by atoms with E-state index in [1.54, 1.807) is 28.9 Å². The van der Waals surface area contributed by atoms with Crippen molar-refractivity contribution in [3.05, 3.63) is 99.7 Å². The van der Waals surface area contributed by atoms with Crippen LogP contribution in [0.1, 0.15) is 29.7 Å². The molecular formula is C27H24Cl2N2O3. The Balaban J connectivity index is 1.77. The monoisotopic (exact) mass is 494 g/mol. The van der Waals surface area contributed by atoms with E-state index in [9.17, 15) is 9.90 Å². The fraction of sp³-hybridized carbons (Fsp3) is 0.185. The molecule has 7 heteroatoms. The molecule has 1 heterocycles. The molecule has 0 amide bonds. The number of nitrogens with zero attached hydrogens (tertiary/aromatic N) is 2. The van der Waals surface area contributed by atoms with E-state index in [0.29, 0.717) is 33.7 Å². The summed E-state index contributed by atoms with van der Waals surface area (Å²) in [6, 6.07) is 22.5. The highest BCUT2D eigenvalue weighted by Gasteiger charge is 2.24. The molecule has 0 aliphatic carbocycles. The second kappa shape index (κ2) is 10.3. The van der Waals surface area contributed by atoms with Gasteiger partial charge in [-0.05, 0) is 55.8 Å². The van der Waals surface area contributed by atoms with Gasteiger partial charge in [0, 0.05) is 12.0 Å². The summed E-state index contributed by atoms with van der Waals surface area (Å²) in [5, 5.41) is 15.7. The number of carboxylic acids is 1. The minimum Gasteiger partial charge on any atom is -0.494 e. The molecule has 1 atom stereocenters. The van der Waals surface area contributed by atoms with Gasteiger partial charge in [0.15, 0.2) is 0 Å². The van der Waals surface area contributed by atoms with Crippen LogP contribution in [0.15, 0.2) is 72.8 Å². The number of rotatable bonds is 8. The molecule has 3 aromatic carbocycles. The van der Waals surface area contributed by atoms with Crippen LogP contribution in [0.5, 0.6) is 5.75 Å². The highest BCUT2D eigenvalue weighted by Crippen LogP contribution is 2.31. The molecule has 0 saturated carbocycles. The van der Waals surface area contributed by atoms with Crippen LogP contribution in [0.25, 0.3) is 16.9 Å². The van der Waals surface area contributed by atoms with Gasteiger partial charge in [-0.3, -0.25) is 4.79 Å². The Morgan fingerprint density at radius 3 is 2.47 bits per heavy atom. The topological polar surface area (TPSA) is 64.4 Å². The summed E-state index contributed by atoms with van der Waals surface area (Å²) in [7, 11) is 0. The number of carboxylic acid groups (broad SMARTS) is 1. The predicted molar refractivity (Wildman–Crippen MR) is 135 cm³/mol. The SMILES string of the molecule is CCOc1cccc(C(Cc2cc(-c3ccc(C)cc3)n(-c3ccc(Cl)c(Cl)c3)n2)C(=O)O)c1. The first-order valence-electron chi connectivity index (χ1n) is 10.9. The van der Waals surface area contributed by atoms with E-state index in [4.69, 9.17) is 33.0 Å². The van der Waals surface area contributed by atoms with Crippen molar-refractivity contribution in [1.29, 1.82) is 0 Å². The zero-order valence-electron chi connectivity index (χ0n) is 18.8. The van der Waals surface area contributed by atoms with E-state index in [1.807, 2.05) is 62.4 Å². The molecule has 4 aromatic rings. The van der Waals surface area contributed by atoms with Crippen molar-refractivity contribution in [1.82, 2.24) is 9.78 Å². The van der Waals surface area contributed by atoms with Crippen LogP contribution in [-0.2, 0) is 11.2 Å². The molecule has 5 nitrogen and oxygen atoms in total. The van der Waals surface area contributed by atoms with Gasteiger partial charge in [-0.15, -0.1) is 0 Å². The summed E-state index contributed by atoms with van der Waals surface area (Å²) in [5.74, 6) is -1.05. The van der Waals surface area contributed by atoms with Crippen LogP contribution < -0.4 is 4.74 Å². The Morgan fingerprint density at radius 2 is 1.79 bits per heavy atom. The highest BCUT2D eigenvalue weighted by molar-refractivity contribution is 6.42. The van der Waals surface area contributed by atoms with Crippen LogP contribution in [0.3, 0.4) is 0 Å². The Morgan fingerprint density at radius 1 is 1.03 bits per heavy atom. The fourth-order valence-electron chi connectivity index (χ4n) is 3.82. The minimum atomic E-state index is -0.922. The third kappa shape index (κ3) is 5.27. The van der Waals surface area contributed by atoms with Crippen molar-refractivity contribution in [2.75, 3.05) is 6.61 Å². The second-order valence-electron chi connectivity index (χ2n) is 8.00. The molecule has 4 rings (SSSR count). The molecule has 0 fully saturated rings. The summed E-state index contributed by atoms with van der Waals surface area (Å²) in [6.45, 7) is 4.43. The molecule has 0 aliphatic rings. The van der Waals surface area contributed by atoms with Crippen molar-refractivity contribution in [3.63, 3.8) is 0 Å². The van der Waals surface area contributed by atoms with E-state index >= 15 is 0 Å². The summed E-state index contributed by atoms with van der Waals surface area (Å²) in [5.41, 5.74) is 4.99. The molecule has 0 radical (unpaired) electrons. The van der Waals surface area contributed by atoms with Crippen LogP contribution >= 0.6 is 23.2 Å². The summed E-state index contributed by atoms with van der Waals surface area (Å²) >= 11 is 12.4. The first-order chi connectivity index (χ1) is 16.4. The predicted octanol–water partition coefficient (Wildman–Crippen LogP) is 6.96. The fourth-order valence-corrected chi connectivity index (χ4v) is 4.11. The number of aromatic nitrogens is 2. The number of ether oxygens (including phenoxy) is 1. The van der Waals surface area contributed by atoms with Gasteiger partial charge in [-0.1, -0.05) is 65.2 Å². The maximum Gasteiger partial charge on any atom is 0.311 e. The van der Waals surface area contributed by atoms with Crippen LogP contribution in [0.4, 0.5) is 0 Å². The maximum atomic E-state index is 12.2. The Bertz CT molecular complexity index is 1320. The molecule has 0 aliphatic heterocycles. The lowest BCUT2D eigenvalue weighted by molar-refractivity contribution is -0.138. The van der Waals surface area contributed by atoms with Crippen molar-refractivity contribution in [3.8, 4) is 22.7 Å². The zero-order chi connectivity index (χ0) is 24.2. The average molecular weight is 495 g/mol. The lowest BCUT2D eigenvalue weighted by Crippen LogP contribution is -2.15. The van der Waals surface area contributed by atoms with E-state index in [0.717, 1.165) is 22.5 Å². The van der Waals surface area contributed by atoms with E-state index in [1.165, 1.54) is 0 Å². The second-order valence-corrected chi connectivity index (χ2v) is 8.81. The van der Waals surface area contributed by atoms with Gasteiger partial charge in [0.2, 0.25) is 0 Å². The lowest BCUT2D eigenvalue weighted by atomic mass is 9.94. The van der Waals surface area contributed by atoms with E-state index in [-0.39, 0.29) is 6.42 Å². The van der Waals surface area contributed by atoms with Crippen molar-refractivity contribution in [2.24, 2.45) is 0 Å².